The van der Waals surface area contributed by atoms with Crippen LogP contribution in [0.15, 0.2) is 18.3 Å². The van der Waals surface area contributed by atoms with Crippen molar-refractivity contribution in [3.8, 4) is 0 Å². The van der Waals surface area contributed by atoms with Crippen molar-refractivity contribution < 1.29 is 4.79 Å². The summed E-state index contributed by atoms with van der Waals surface area (Å²) in [6.07, 6.45) is 3.77. The lowest BCUT2D eigenvalue weighted by atomic mass is 9.99. The maximum Gasteiger partial charge on any atom is 0.228 e. The average Bonchev–Trinajstić information content (AvgIpc) is 2.51. The molecule has 20 heavy (non-hydrogen) atoms. The molecule has 2 heterocycles. The number of piperidine rings is 1. The largest absolute Gasteiger partial charge is 0.357 e. The highest BCUT2D eigenvalue weighted by Crippen LogP contribution is 2.16. The van der Waals surface area contributed by atoms with Gasteiger partial charge in [0.25, 0.3) is 0 Å². The zero-order valence-electron chi connectivity index (χ0n) is 12.4. The first kappa shape index (κ1) is 14.8. The number of nitrogens with one attached hydrogen (secondary N) is 2. The molecule has 5 nitrogen and oxygen atoms in total. The minimum absolute atomic E-state index is 0.0752. The van der Waals surface area contributed by atoms with E-state index in [0.717, 1.165) is 50.5 Å². The molecule has 2 N–H and O–H groups in total. The molecule has 110 valence electrons. The second kappa shape index (κ2) is 7.24. The average molecular weight is 276 g/mol. The van der Waals surface area contributed by atoms with Crippen molar-refractivity contribution in [2.45, 2.75) is 26.7 Å². The van der Waals surface area contributed by atoms with Gasteiger partial charge in [0, 0.05) is 19.6 Å². The van der Waals surface area contributed by atoms with Crippen LogP contribution in [0.4, 0.5) is 11.5 Å². The van der Waals surface area contributed by atoms with Crippen molar-refractivity contribution in [1.29, 1.82) is 0 Å². The Hall–Kier alpha value is -1.62. The van der Waals surface area contributed by atoms with Crippen LogP contribution in [-0.2, 0) is 4.79 Å². The minimum atomic E-state index is 0.0752. The van der Waals surface area contributed by atoms with Gasteiger partial charge in [0.05, 0.1) is 17.8 Å². The van der Waals surface area contributed by atoms with Gasteiger partial charge in [0.2, 0.25) is 5.91 Å². The number of rotatable bonds is 5. The third-order valence-corrected chi connectivity index (χ3v) is 3.77. The maximum atomic E-state index is 12.1. The number of pyridine rings is 1. The molecule has 0 unspecified atom stereocenters. The van der Waals surface area contributed by atoms with Crippen LogP contribution < -0.4 is 15.5 Å². The van der Waals surface area contributed by atoms with Gasteiger partial charge in [0.1, 0.15) is 5.82 Å². The SMILES string of the molecule is CCN(CC)c1ccc(NC(=O)[C@@H]2CCCNC2)cn1. The zero-order valence-corrected chi connectivity index (χ0v) is 12.4. The van der Waals surface area contributed by atoms with Gasteiger partial charge in [-0.05, 0) is 45.4 Å². The highest BCUT2D eigenvalue weighted by molar-refractivity contribution is 5.92. The van der Waals surface area contributed by atoms with Gasteiger partial charge in [-0.3, -0.25) is 4.79 Å². The summed E-state index contributed by atoms with van der Waals surface area (Å²) in [6, 6.07) is 3.89. The molecule has 1 aromatic heterocycles. The van der Waals surface area contributed by atoms with Crippen LogP contribution in [0.5, 0.6) is 0 Å². The van der Waals surface area contributed by atoms with Crippen LogP contribution >= 0.6 is 0 Å². The Morgan fingerprint density at radius 3 is 2.80 bits per heavy atom. The molecule has 0 radical (unpaired) electrons. The van der Waals surface area contributed by atoms with Gasteiger partial charge in [0.15, 0.2) is 0 Å². The molecule has 0 bridgehead atoms. The third-order valence-electron chi connectivity index (χ3n) is 3.77. The van der Waals surface area contributed by atoms with Crippen LogP contribution in [0.2, 0.25) is 0 Å². The van der Waals surface area contributed by atoms with E-state index in [4.69, 9.17) is 0 Å². The zero-order chi connectivity index (χ0) is 14.4. The van der Waals surface area contributed by atoms with Crippen molar-refractivity contribution in [2.75, 3.05) is 36.4 Å². The lowest BCUT2D eigenvalue weighted by molar-refractivity contribution is -0.120. The smallest absolute Gasteiger partial charge is 0.228 e. The van der Waals surface area contributed by atoms with E-state index in [1.165, 1.54) is 0 Å². The van der Waals surface area contributed by atoms with E-state index in [1.54, 1.807) is 6.20 Å². The van der Waals surface area contributed by atoms with Crippen LogP contribution in [0.25, 0.3) is 0 Å². The molecule has 1 fully saturated rings. The highest BCUT2D eigenvalue weighted by atomic mass is 16.1. The standard InChI is InChI=1S/C15H24N4O/c1-3-19(4-2)14-8-7-13(11-17-14)18-15(20)12-6-5-9-16-10-12/h7-8,11-12,16H,3-6,9-10H2,1-2H3,(H,18,20)/t12-/m1/s1. The molecule has 1 aliphatic heterocycles. The Kier molecular flexibility index (Phi) is 5.35. The molecule has 1 atom stereocenters. The first-order valence-corrected chi connectivity index (χ1v) is 7.47. The van der Waals surface area contributed by atoms with Crippen LogP contribution in [0, 0.1) is 5.92 Å². The van der Waals surface area contributed by atoms with Crippen LogP contribution in [0.3, 0.4) is 0 Å². The van der Waals surface area contributed by atoms with Crippen molar-refractivity contribution in [1.82, 2.24) is 10.3 Å². The number of carbonyl (C=O) groups excluding carboxylic acids is 1. The van der Waals surface area contributed by atoms with E-state index in [1.807, 2.05) is 12.1 Å². The summed E-state index contributed by atoms with van der Waals surface area (Å²) in [5.74, 6) is 1.12. The van der Waals surface area contributed by atoms with E-state index in [9.17, 15) is 4.79 Å². The second-order valence-corrected chi connectivity index (χ2v) is 5.11. The number of aromatic nitrogens is 1. The van der Waals surface area contributed by atoms with Crippen molar-refractivity contribution in [3.05, 3.63) is 18.3 Å². The molecule has 0 aliphatic carbocycles. The Morgan fingerprint density at radius 2 is 2.25 bits per heavy atom. The molecule has 2 rings (SSSR count). The van der Waals surface area contributed by atoms with Crippen molar-refractivity contribution in [3.63, 3.8) is 0 Å². The fourth-order valence-electron chi connectivity index (χ4n) is 2.51. The van der Waals surface area contributed by atoms with Gasteiger partial charge in [-0.15, -0.1) is 0 Å². The summed E-state index contributed by atoms with van der Waals surface area (Å²) in [7, 11) is 0. The first-order valence-electron chi connectivity index (χ1n) is 7.47. The topological polar surface area (TPSA) is 57.3 Å². The lowest BCUT2D eigenvalue weighted by Crippen LogP contribution is -2.37. The van der Waals surface area contributed by atoms with E-state index in [-0.39, 0.29) is 11.8 Å². The van der Waals surface area contributed by atoms with Crippen LogP contribution in [0.1, 0.15) is 26.7 Å². The number of carbonyl (C=O) groups is 1. The monoisotopic (exact) mass is 276 g/mol. The number of hydrogen-bond donors (Lipinski definition) is 2. The summed E-state index contributed by atoms with van der Waals surface area (Å²) in [5.41, 5.74) is 0.775. The van der Waals surface area contributed by atoms with Gasteiger partial charge >= 0.3 is 0 Å². The van der Waals surface area contributed by atoms with E-state index in [0.29, 0.717) is 0 Å². The van der Waals surface area contributed by atoms with Crippen LogP contribution in [-0.4, -0.2) is 37.1 Å². The van der Waals surface area contributed by atoms with Crippen molar-refractivity contribution in [2.24, 2.45) is 5.92 Å². The minimum Gasteiger partial charge on any atom is -0.357 e. The molecule has 1 aliphatic rings. The molecular formula is C15H24N4O. The third kappa shape index (κ3) is 3.70. The van der Waals surface area contributed by atoms with Gasteiger partial charge in [-0.1, -0.05) is 0 Å². The molecule has 1 amide bonds. The molecule has 0 saturated carbocycles. The highest BCUT2D eigenvalue weighted by Gasteiger charge is 2.20. The van der Waals surface area contributed by atoms with Crippen molar-refractivity contribution >= 4 is 17.4 Å². The summed E-state index contributed by atoms with van der Waals surface area (Å²) in [6.45, 7) is 7.88. The fraction of sp³-hybridized carbons (Fsp3) is 0.600. The second-order valence-electron chi connectivity index (χ2n) is 5.11. The maximum absolute atomic E-state index is 12.1. The molecule has 1 saturated heterocycles. The Morgan fingerprint density at radius 1 is 1.45 bits per heavy atom. The molecule has 5 heteroatoms. The number of amides is 1. The summed E-state index contributed by atoms with van der Waals surface area (Å²) in [5, 5.41) is 6.21. The molecule has 1 aromatic rings. The Labute approximate surface area is 120 Å². The number of hydrogen-bond acceptors (Lipinski definition) is 4. The fourth-order valence-corrected chi connectivity index (χ4v) is 2.51. The van der Waals surface area contributed by atoms with E-state index < -0.39 is 0 Å². The van der Waals surface area contributed by atoms with Gasteiger partial charge in [-0.25, -0.2) is 4.98 Å². The summed E-state index contributed by atoms with van der Waals surface area (Å²) >= 11 is 0. The van der Waals surface area contributed by atoms with Gasteiger partial charge in [-0.2, -0.15) is 0 Å². The van der Waals surface area contributed by atoms with E-state index >= 15 is 0 Å². The van der Waals surface area contributed by atoms with Gasteiger partial charge < -0.3 is 15.5 Å². The lowest BCUT2D eigenvalue weighted by Gasteiger charge is -2.22. The first-order chi connectivity index (χ1) is 9.74. The molecular weight excluding hydrogens is 252 g/mol. The summed E-state index contributed by atoms with van der Waals surface area (Å²) in [4.78, 5) is 18.7. The number of nitrogens with zero attached hydrogens (tertiary/aromatic N) is 2. The normalized spacial score (nSPS) is 18.6. The van der Waals surface area contributed by atoms with E-state index in [2.05, 4.69) is 34.4 Å². The Balaban J connectivity index is 1.94. The predicted molar refractivity (Wildman–Crippen MR) is 82.0 cm³/mol. The predicted octanol–water partition coefficient (Wildman–Crippen LogP) is 1.87. The summed E-state index contributed by atoms with van der Waals surface area (Å²) < 4.78 is 0. The quantitative estimate of drug-likeness (QED) is 0.862. The molecule has 0 aromatic carbocycles. The molecule has 0 spiro atoms. The number of anilines is 2. The Bertz CT molecular complexity index is 422.